The van der Waals surface area contributed by atoms with Crippen molar-refractivity contribution >= 4 is 17.5 Å². The largest absolute Gasteiger partial charge is 0.496 e. The number of esters is 1. The van der Waals surface area contributed by atoms with Crippen LogP contribution in [0.4, 0.5) is 0 Å². The molecule has 0 aromatic heterocycles. The minimum absolute atomic E-state index is 0.0407. The Labute approximate surface area is 195 Å². The van der Waals surface area contributed by atoms with Crippen LogP contribution in [0.2, 0.25) is 0 Å². The van der Waals surface area contributed by atoms with Crippen molar-refractivity contribution in [3.05, 3.63) is 77.0 Å². The molecule has 3 atom stereocenters. The summed E-state index contributed by atoms with van der Waals surface area (Å²) in [5.74, 6) is -0.476. The van der Waals surface area contributed by atoms with E-state index in [1.807, 2.05) is 63.2 Å². The molecule has 0 radical (unpaired) electrons. The summed E-state index contributed by atoms with van der Waals surface area (Å²) >= 11 is 0. The highest BCUT2D eigenvalue weighted by Crippen LogP contribution is 2.48. The molecule has 0 N–H and O–H groups in total. The third-order valence-electron chi connectivity index (χ3n) is 6.45. The summed E-state index contributed by atoms with van der Waals surface area (Å²) in [5.41, 5.74) is 4.04. The number of rotatable bonds is 6. The average molecular weight is 446 g/mol. The van der Waals surface area contributed by atoms with Crippen molar-refractivity contribution in [2.24, 2.45) is 16.8 Å². The Kier molecular flexibility index (Phi) is 6.77. The molecule has 2 aromatic carbocycles. The number of allylic oxidation sites excluding steroid dienone is 2. The zero-order valence-corrected chi connectivity index (χ0v) is 19.7. The third-order valence-corrected chi connectivity index (χ3v) is 6.45. The number of Topliss-reactive ketones (excluding diaryl/α,β-unsaturated/α-hetero) is 1. The molecule has 1 heterocycles. The molecule has 4 rings (SSSR count). The lowest BCUT2D eigenvalue weighted by atomic mass is 9.69. The number of methoxy groups -OCH3 is 1. The van der Waals surface area contributed by atoms with Crippen LogP contribution in [0.5, 0.6) is 5.75 Å². The summed E-state index contributed by atoms with van der Waals surface area (Å²) in [6.07, 6.45) is 1.07. The first kappa shape index (κ1) is 23.0. The monoisotopic (exact) mass is 445 g/mol. The fourth-order valence-electron chi connectivity index (χ4n) is 4.92. The predicted molar refractivity (Wildman–Crippen MR) is 129 cm³/mol. The molecule has 1 unspecified atom stereocenters. The maximum Gasteiger partial charge on any atom is 0.315 e. The number of nitrogens with zero attached hydrogens (tertiary/aromatic N) is 1. The molecule has 172 valence electrons. The van der Waals surface area contributed by atoms with Crippen LogP contribution in [0.15, 0.2) is 70.9 Å². The van der Waals surface area contributed by atoms with Crippen molar-refractivity contribution < 1.29 is 19.1 Å². The molecule has 0 fully saturated rings. The zero-order valence-electron chi connectivity index (χ0n) is 19.7. The van der Waals surface area contributed by atoms with Crippen LogP contribution in [0.1, 0.15) is 56.6 Å². The SMILES string of the molecule is COc1ccccc1[C@H]1C2=C(C[C@H](c3ccccc3)CC2=O)N=C(C)C1C(=O)OCC(C)C. The van der Waals surface area contributed by atoms with Crippen molar-refractivity contribution in [3.63, 3.8) is 0 Å². The summed E-state index contributed by atoms with van der Waals surface area (Å²) in [6.45, 7) is 6.20. The lowest BCUT2D eigenvalue weighted by molar-refractivity contribution is -0.147. The predicted octanol–water partition coefficient (Wildman–Crippen LogP) is 5.47. The highest BCUT2D eigenvalue weighted by Gasteiger charge is 2.45. The van der Waals surface area contributed by atoms with E-state index in [-0.39, 0.29) is 23.6 Å². The standard InChI is InChI=1S/C28H31NO4/c1-17(2)16-33-28(31)25-18(3)29-22-14-20(19-10-6-5-7-11-19)15-23(30)27(22)26(25)21-12-8-9-13-24(21)32-4/h5-13,17,20,25-26H,14-16H2,1-4H3/t20-,25?,26+/m0/s1. The van der Waals surface area contributed by atoms with Gasteiger partial charge in [0, 0.05) is 34.9 Å². The van der Waals surface area contributed by atoms with Gasteiger partial charge in [-0.25, -0.2) is 0 Å². The summed E-state index contributed by atoms with van der Waals surface area (Å²) in [6, 6.07) is 17.7. The summed E-state index contributed by atoms with van der Waals surface area (Å²) < 4.78 is 11.3. The van der Waals surface area contributed by atoms with Crippen molar-refractivity contribution in [3.8, 4) is 5.75 Å². The lowest BCUT2D eigenvalue weighted by Gasteiger charge is -2.37. The van der Waals surface area contributed by atoms with Crippen LogP contribution in [0.3, 0.4) is 0 Å². The van der Waals surface area contributed by atoms with Crippen molar-refractivity contribution in [2.75, 3.05) is 13.7 Å². The summed E-state index contributed by atoms with van der Waals surface area (Å²) in [4.78, 5) is 31.7. The van der Waals surface area contributed by atoms with E-state index in [1.165, 1.54) is 0 Å². The van der Waals surface area contributed by atoms with Crippen molar-refractivity contribution in [1.29, 1.82) is 0 Å². The van der Waals surface area contributed by atoms with Gasteiger partial charge >= 0.3 is 5.97 Å². The van der Waals surface area contributed by atoms with Gasteiger partial charge in [-0.3, -0.25) is 14.6 Å². The molecule has 0 bridgehead atoms. The first-order chi connectivity index (χ1) is 15.9. The van der Waals surface area contributed by atoms with E-state index in [0.717, 1.165) is 16.8 Å². The summed E-state index contributed by atoms with van der Waals surface area (Å²) in [7, 11) is 1.61. The number of ether oxygens (including phenoxy) is 2. The van der Waals surface area contributed by atoms with Gasteiger partial charge in [-0.15, -0.1) is 0 Å². The topological polar surface area (TPSA) is 65.0 Å². The number of ketones is 1. The number of hydrogen-bond acceptors (Lipinski definition) is 5. The first-order valence-corrected chi connectivity index (χ1v) is 11.6. The molecule has 0 saturated carbocycles. The Morgan fingerprint density at radius 1 is 1.06 bits per heavy atom. The quantitative estimate of drug-likeness (QED) is 0.553. The Morgan fingerprint density at radius 2 is 1.76 bits per heavy atom. The number of benzene rings is 2. The van der Waals surface area contributed by atoms with Gasteiger partial charge in [0.15, 0.2) is 5.78 Å². The third kappa shape index (κ3) is 4.63. The molecule has 5 nitrogen and oxygen atoms in total. The Hall–Kier alpha value is -3.21. The van der Waals surface area contributed by atoms with Gasteiger partial charge in [-0.2, -0.15) is 0 Å². The van der Waals surface area contributed by atoms with Gasteiger partial charge < -0.3 is 9.47 Å². The van der Waals surface area contributed by atoms with E-state index < -0.39 is 11.8 Å². The maximum atomic E-state index is 13.6. The maximum absolute atomic E-state index is 13.6. The molecule has 1 aliphatic carbocycles. The Balaban J connectivity index is 1.80. The first-order valence-electron chi connectivity index (χ1n) is 11.6. The van der Waals surface area contributed by atoms with Gasteiger partial charge in [0.25, 0.3) is 0 Å². The highest BCUT2D eigenvalue weighted by molar-refractivity contribution is 6.09. The zero-order chi connectivity index (χ0) is 23.5. The number of carbonyl (C=O) groups excluding carboxylic acids is 2. The van der Waals surface area contributed by atoms with Crippen LogP contribution in [-0.4, -0.2) is 31.2 Å². The van der Waals surface area contributed by atoms with E-state index in [2.05, 4.69) is 12.1 Å². The number of para-hydroxylation sites is 1. The minimum atomic E-state index is -0.656. The van der Waals surface area contributed by atoms with Gasteiger partial charge in [-0.05, 0) is 36.8 Å². The van der Waals surface area contributed by atoms with Crippen LogP contribution in [-0.2, 0) is 14.3 Å². The second-order valence-corrected chi connectivity index (χ2v) is 9.27. The normalized spacial score (nSPS) is 22.6. The summed E-state index contributed by atoms with van der Waals surface area (Å²) in [5, 5.41) is 0. The van der Waals surface area contributed by atoms with Crippen LogP contribution in [0, 0.1) is 11.8 Å². The Bertz CT molecular complexity index is 1100. The van der Waals surface area contributed by atoms with Gasteiger partial charge in [0.1, 0.15) is 11.7 Å². The molecule has 1 aliphatic heterocycles. The molecule has 0 saturated heterocycles. The molecule has 0 spiro atoms. The number of hydrogen-bond donors (Lipinski definition) is 0. The number of carbonyl (C=O) groups is 2. The molecular formula is C28H31NO4. The second-order valence-electron chi connectivity index (χ2n) is 9.27. The number of aliphatic imine (C=N–C) groups is 1. The fraction of sp³-hybridized carbons (Fsp3) is 0.393. The molecule has 5 heteroatoms. The van der Waals surface area contributed by atoms with E-state index in [9.17, 15) is 9.59 Å². The van der Waals surface area contributed by atoms with Crippen LogP contribution < -0.4 is 4.74 Å². The smallest absolute Gasteiger partial charge is 0.315 e. The van der Waals surface area contributed by atoms with E-state index in [4.69, 9.17) is 14.5 Å². The van der Waals surface area contributed by atoms with Crippen molar-refractivity contribution in [2.45, 2.75) is 45.4 Å². The van der Waals surface area contributed by atoms with Crippen LogP contribution >= 0.6 is 0 Å². The Morgan fingerprint density at radius 3 is 2.45 bits per heavy atom. The van der Waals surface area contributed by atoms with E-state index >= 15 is 0 Å². The average Bonchev–Trinajstić information content (AvgIpc) is 2.82. The lowest BCUT2D eigenvalue weighted by Crippen LogP contribution is -2.38. The molecular weight excluding hydrogens is 414 g/mol. The molecule has 2 aromatic rings. The molecule has 33 heavy (non-hydrogen) atoms. The second kappa shape index (κ2) is 9.74. The van der Waals surface area contributed by atoms with E-state index in [0.29, 0.717) is 36.5 Å². The van der Waals surface area contributed by atoms with Gasteiger partial charge in [0.05, 0.1) is 13.7 Å². The van der Waals surface area contributed by atoms with Gasteiger partial charge in [0.2, 0.25) is 0 Å². The van der Waals surface area contributed by atoms with Crippen LogP contribution in [0.25, 0.3) is 0 Å². The van der Waals surface area contributed by atoms with Gasteiger partial charge in [-0.1, -0.05) is 62.4 Å². The molecule has 0 amide bonds. The fourth-order valence-corrected chi connectivity index (χ4v) is 4.92. The minimum Gasteiger partial charge on any atom is -0.496 e. The van der Waals surface area contributed by atoms with E-state index in [1.54, 1.807) is 7.11 Å². The van der Waals surface area contributed by atoms with Crippen molar-refractivity contribution in [1.82, 2.24) is 0 Å². The molecule has 2 aliphatic rings. The highest BCUT2D eigenvalue weighted by atomic mass is 16.5.